The van der Waals surface area contributed by atoms with E-state index < -0.39 is 5.60 Å². The molecule has 2 heterocycles. The van der Waals surface area contributed by atoms with Crippen molar-refractivity contribution in [1.82, 2.24) is 19.8 Å². The molecule has 0 aliphatic carbocycles. The number of aliphatic hydroxyl groups is 1. The van der Waals surface area contributed by atoms with E-state index in [4.69, 9.17) is 9.72 Å². The van der Waals surface area contributed by atoms with Crippen LogP contribution in [-0.4, -0.2) is 64.4 Å². The van der Waals surface area contributed by atoms with Crippen molar-refractivity contribution in [1.29, 1.82) is 0 Å². The Hall–Kier alpha value is -3.00. The van der Waals surface area contributed by atoms with Crippen LogP contribution >= 0.6 is 0 Å². The van der Waals surface area contributed by atoms with Crippen LogP contribution in [0.4, 0.5) is 0 Å². The number of ether oxygens (including phenoxy) is 1. The number of carbonyl (C=O) groups is 1. The molecule has 7 heteroatoms. The first-order valence-electron chi connectivity index (χ1n) is 12.6. The normalized spacial score (nSPS) is 18.8. The number of carbonyl (C=O) groups excluding carboxylic acids is 1. The Kier molecular flexibility index (Phi) is 7.93. The maximum Gasteiger partial charge on any atom is 0.249 e. The van der Waals surface area contributed by atoms with Crippen LogP contribution in [0.3, 0.4) is 0 Å². The van der Waals surface area contributed by atoms with Gasteiger partial charge in [0.25, 0.3) is 0 Å². The van der Waals surface area contributed by atoms with Crippen molar-refractivity contribution < 1.29 is 14.6 Å². The van der Waals surface area contributed by atoms with Gasteiger partial charge in [-0.1, -0.05) is 81.4 Å². The van der Waals surface area contributed by atoms with E-state index in [1.807, 2.05) is 48.5 Å². The number of hydrogen-bond acceptors (Lipinski definition) is 5. The van der Waals surface area contributed by atoms with E-state index in [0.717, 1.165) is 29.2 Å². The van der Waals surface area contributed by atoms with Gasteiger partial charge in [-0.15, -0.1) is 0 Å². The van der Waals surface area contributed by atoms with Crippen molar-refractivity contribution >= 4 is 5.91 Å². The minimum atomic E-state index is -0.994. The van der Waals surface area contributed by atoms with Crippen LogP contribution in [0.15, 0.2) is 66.9 Å². The van der Waals surface area contributed by atoms with Gasteiger partial charge in [0.1, 0.15) is 12.4 Å². The molecule has 2 N–H and O–H groups in total. The third-order valence-corrected chi connectivity index (χ3v) is 6.72. The van der Waals surface area contributed by atoms with Gasteiger partial charge in [-0.3, -0.25) is 4.79 Å². The van der Waals surface area contributed by atoms with Gasteiger partial charge in [0.15, 0.2) is 0 Å². The summed E-state index contributed by atoms with van der Waals surface area (Å²) in [4.78, 5) is 20.4. The molecule has 1 aromatic heterocycles. The molecule has 1 saturated heterocycles. The van der Waals surface area contributed by atoms with Crippen molar-refractivity contribution in [2.24, 2.45) is 5.41 Å². The summed E-state index contributed by atoms with van der Waals surface area (Å²) in [5.74, 6) is 0.637. The van der Waals surface area contributed by atoms with E-state index >= 15 is 0 Å². The molecular formula is C29H38N4O3. The first kappa shape index (κ1) is 26.1. The Bertz CT molecular complexity index is 1130. The number of nitrogens with zero attached hydrogens (tertiary/aromatic N) is 3. The molecule has 0 unspecified atom stereocenters. The average molecular weight is 491 g/mol. The second-order valence-electron chi connectivity index (χ2n) is 10.8. The molecule has 1 amide bonds. The zero-order valence-corrected chi connectivity index (χ0v) is 21.8. The Morgan fingerprint density at radius 3 is 2.42 bits per heavy atom. The molecule has 0 bridgehead atoms. The number of aromatic nitrogens is 2. The SMILES string of the molecule is COCC(=O)N(C[C@@]1(O)CCNC1)[C@@H](c1nc(-c2ccccc2)cn1Cc1ccccc1)C(C)(C)C. The highest BCUT2D eigenvalue weighted by molar-refractivity contribution is 5.78. The fraction of sp³-hybridized carbons (Fsp3) is 0.448. The molecule has 0 saturated carbocycles. The Labute approximate surface area is 214 Å². The lowest BCUT2D eigenvalue weighted by molar-refractivity contribution is -0.145. The number of rotatable bonds is 9. The second kappa shape index (κ2) is 10.9. The predicted octanol–water partition coefficient (Wildman–Crippen LogP) is 3.89. The molecule has 3 aromatic rings. The van der Waals surface area contributed by atoms with Gasteiger partial charge in [-0.05, 0) is 23.9 Å². The van der Waals surface area contributed by atoms with Crippen LogP contribution < -0.4 is 5.32 Å². The quantitative estimate of drug-likeness (QED) is 0.476. The molecular weight excluding hydrogens is 452 g/mol. The maximum atomic E-state index is 13.5. The summed E-state index contributed by atoms with van der Waals surface area (Å²) in [6.45, 7) is 8.31. The van der Waals surface area contributed by atoms with Gasteiger partial charge in [0.2, 0.25) is 5.91 Å². The lowest BCUT2D eigenvalue weighted by Gasteiger charge is -2.42. The first-order chi connectivity index (χ1) is 17.2. The van der Waals surface area contributed by atoms with Crippen LogP contribution in [0.1, 0.15) is 44.6 Å². The first-order valence-corrected chi connectivity index (χ1v) is 12.6. The summed E-state index contributed by atoms with van der Waals surface area (Å²) in [5, 5.41) is 14.5. The lowest BCUT2D eigenvalue weighted by Crippen LogP contribution is -2.52. The summed E-state index contributed by atoms with van der Waals surface area (Å²) in [6.07, 6.45) is 2.66. The van der Waals surface area contributed by atoms with Gasteiger partial charge >= 0.3 is 0 Å². The van der Waals surface area contributed by atoms with Gasteiger partial charge in [-0.25, -0.2) is 4.98 Å². The largest absolute Gasteiger partial charge is 0.387 e. The number of β-amino-alcohol motifs (C(OH)–C–C–N with tert-alkyl or cyclic N) is 1. The maximum absolute atomic E-state index is 13.5. The lowest BCUT2D eigenvalue weighted by atomic mass is 9.83. The highest BCUT2D eigenvalue weighted by Crippen LogP contribution is 2.40. The molecule has 1 aliphatic heterocycles. The summed E-state index contributed by atoms with van der Waals surface area (Å²) in [7, 11) is 1.53. The third-order valence-electron chi connectivity index (χ3n) is 6.72. The highest BCUT2D eigenvalue weighted by atomic mass is 16.5. The third kappa shape index (κ3) is 6.03. The molecule has 1 fully saturated rings. The topological polar surface area (TPSA) is 79.6 Å². The molecule has 36 heavy (non-hydrogen) atoms. The van der Waals surface area contributed by atoms with Crippen molar-refractivity contribution in [3.8, 4) is 11.3 Å². The van der Waals surface area contributed by atoms with Crippen molar-refractivity contribution in [3.63, 3.8) is 0 Å². The molecule has 192 valence electrons. The minimum absolute atomic E-state index is 0.0545. The van der Waals surface area contributed by atoms with Crippen LogP contribution in [0.5, 0.6) is 0 Å². The summed E-state index contributed by atoms with van der Waals surface area (Å²) >= 11 is 0. The monoisotopic (exact) mass is 490 g/mol. The summed E-state index contributed by atoms with van der Waals surface area (Å²) < 4.78 is 7.42. The summed E-state index contributed by atoms with van der Waals surface area (Å²) in [5.41, 5.74) is 1.67. The molecule has 2 atom stereocenters. The van der Waals surface area contributed by atoms with E-state index in [1.165, 1.54) is 7.11 Å². The van der Waals surface area contributed by atoms with Crippen molar-refractivity contribution in [2.45, 2.75) is 45.4 Å². The predicted molar refractivity (Wildman–Crippen MR) is 141 cm³/mol. The number of hydrogen-bond donors (Lipinski definition) is 2. The Morgan fingerprint density at radius 1 is 1.17 bits per heavy atom. The number of benzene rings is 2. The van der Waals surface area contributed by atoms with Gasteiger partial charge in [0.05, 0.1) is 23.9 Å². The molecule has 1 aliphatic rings. The van der Waals surface area contributed by atoms with Crippen molar-refractivity contribution in [3.05, 3.63) is 78.2 Å². The number of nitrogens with one attached hydrogen (secondary N) is 1. The Balaban J connectivity index is 1.84. The number of imidazole rings is 1. The Morgan fingerprint density at radius 2 is 1.83 bits per heavy atom. The van der Waals surface area contributed by atoms with E-state index in [0.29, 0.717) is 19.5 Å². The molecule has 4 rings (SSSR count). The zero-order chi connectivity index (χ0) is 25.8. The van der Waals surface area contributed by atoms with Gasteiger partial charge in [0, 0.05) is 32.0 Å². The fourth-order valence-corrected chi connectivity index (χ4v) is 5.01. The average Bonchev–Trinajstić information content (AvgIpc) is 3.46. The number of amides is 1. The second-order valence-corrected chi connectivity index (χ2v) is 10.8. The van der Waals surface area contributed by atoms with E-state index in [1.54, 1.807) is 4.90 Å². The van der Waals surface area contributed by atoms with Crippen molar-refractivity contribution in [2.75, 3.05) is 33.4 Å². The summed E-state index contributed by atoms with van der Waals surface area (Å²) in [6, 6.07) is 20.0. The van der Waals surface area contributed by atoms with Crippen LogP contribution in [0.2, 0.25) is 0 Å². The molecule has 0 spiro atoms. The van der Waals surface area contributed by atoms with E-state index in [9.17, 15) is 9.90 Å². The van der Waals surface area contributed by atoms with Gasteiger partial charge < -0.3 is 24.6 Å². The van der Waals surface area contributed by atoms with E-state index in [-0.39, 0.29) is 30.5 Å². The van der Waals surface area contributed by atoms with Gasteiger partial charge in [-0.2, -0.15) is 0 Å². The zero-order valence-electron chi connectivity index (χ0n) is 21.8. The fourth-order valence-electron chi connectivity index (χ4n) is 5.01. The molecule has 2 aromatic carbocycles. The molecule has 7 nitrogen and oxygen atoms in total. The smallest absolute Gasteiger partial charge is 0.249 e. The highest BCUT2D eigenvalue weighted by Gasteiger charge is 2.43. The van der Waals surface area contributed by atoms with E-state index in [2.05, 4.69) is 49.0 Å². The van der Waals surface area contributed by atoms with Crippen LogP contribution in [0, 0.1) is 5.41 Å². The number of methoxy groups -OCH3 is 1. The van der Waals surface area contributed by atoms with Crippen LogP contribution in [-0.2, 0) is 16.1 Å². The van der Waals surface area contributed by atoms with Crippen LogP contribution in [0.25, 0.3) is 11.3 Å². The molecule has 0 radical (unpaired) electrons. The standard InChI is InChI=1S/C29H38N4O3/c1-28(2,3)26(33(25(34)19-36-4)21-29(35)15-16-30-20-29)27-31-24(23-13-9-6-10-14-23)18-32(27)17-22-11-7-5-8-12-22/h5-14,18,26,30,35H,15-17,19-21H2,1-4H3/t26-,29+/m0/s1. The minimum Gasteiger partial charge on any atom is -0.387 e.